The third-order valence-electron chi connectivity index (χ3n) is 3.37. The van der Waals surface area contributed by atoms with Gasteiger partial charge in [0.15, 0.2) is 0 Å². The predicted octanol–water partition coefficient (Wildman–Crippen LogP) is 2.42. The number of rotatable bonds is 1. The van der Waals surface area contributed by atoms with Crippen LogP contribution in [-0.4, -0.2) is 48.4 Å². The maximum absolute atomic E-state index is 13.3. The fourth-order valence-electron chi connectivity index (χ4n) is 2.25. The van der Waals surface area contributed by atoms with Gasteiger partial charge in [0.05, 0.1) is 0 Å². The summed E-state index contributed by atoms with van der Waals surface area (Å²) in [6.07, 6.45) is -3.29. The maximum Gasteiger partial charge on any atom is 0.490 e. The Morgan fingerprint density at radius 3 is 2.42 bits per heavy atom. The van der Waals surface area contributed by atoms with Crippen molar-refractivity contribution >= 4 is 22.6 Å². The maximum atomic E-state index is 13.3. The van der Waals surface area contributed by atoms with Crippen LogP contribution in [0, 0.1) is 5.82 Å². The zero-order valence-electron chi connectivity index (χ0n) is 12.5. The molecule has 130 valence electrons. The third-order valence-corrected chi connectivity index (χ3v) is 3.37. The monoisotopic (exact) mass is 345 g/mol. The second-order valence-electron chi connectivity index (χ2n) is 5.04. The van der Waals surface area contributed by atoms with Crippen molar-refractivity contribution in [3.63, 3.8) is 0 Å². The SMILES string of the molecule is Fc1ccc2ccnc(N3CCNCC3)c2c1.O=C(O)C(F)(F)F. The van der Waals surface area contributed by atoms with E-state index in [9.17, 15) is 17.6 Å². The van der Waals surface area contributed by atoms with E-state index >= 15 is 0 Å². The Morgan fingerprint density at radius 1 is 1.21 bits per heavy atom. The zero-order chi connectivity index (χ0) is 17.7. The van der Waals surface area contributed by atoms with E-state index in [2.05, 4.69) is 15.2 Å². The molecule has 1 aromatic heterocycles. The summed E-state index contributed by atoms with van der Waals surface area (Å²) in [7, 11) is 0. The molecule has 1 saturated heterocycles. The molecular formula is C15H15F4N3O2. The van der Waals surface area contributed by atoms with Crippen LogP contribution >= 0.6 is 0 Å². The summed E-state index contributed by atoms with van der Waals surface area (Å²) in [6, 6.07) is 6.78. The Labute approximate surface area is 134 Å². The number of hydrogen-bond acceptors (Lipinski definition) is 4. The molecular weight excluding hydrogens is 330 g/mol. The lowest BCUT2D eigenvalue weighted by molar-refractivity contribution is -0.192. The number of nitrogens with zero attached hydrogens (tertiary/aromatic N) is 2. The van der Waals surface area contributed by atoms with Gasteiger partial charge in [0.25, 0.3) is 0 Å². The minimum absolute atomic E-state index is 0.207. The van der Waals surface area contributed by atoms with E-state index < -0.39 is 12.1 Å². The second kappa shape index (κ2) is 7.43. The number of carboxylic acid groups (broad SMARTS) is 1. The first kappa shape index (κ1) is 17.9. The molecule has 0 atom stereocenters. The number of carbonyl (C=O) groups is 1. The molecule has 1 aliphatic rings. The molecule has 2 aromatic rings. The Bertz CT molecular complexity index is 715. The van der Waals surface area contributed by atoms with E-state index in [0.29, 0.717) is 0 Å². The van der Waals surface area contributed by atoms with Crippen LogP contribution in [0.1, 0.15) is 0 Å². The van der Waals surface area contributed by atoms with Crippen LogP contribution in [-0.2, 0) is 4.79 Å². The number of piperazine rings is 1. The van der Waals surface area contributed by atoms with Gasteiger partial charge in [0, 0.05) is 37.8 Å². The molecule has 3 rings (SSSR count). The lowest BCUT2D eigenvalue weighted by Gasteiger charge is -2.29. The normalized spacial score (nSPS) is 14.9. The molecule has 0 saturated carbocycles. The van der Waals surface area contributed by atoms with Gasteiger partial charge in [0.2, 0.25) is 0 Å². The Balaban J connectivity index is 0.000000256. The summed E-state index contributed by atoms with van der Waals surface area (Å²) < 4.78 is 45.1. The summed E-state index contributed by atoms with van der Waals surface area (Å²) in [5.41, 5.74) is 0. The molecule has 1 aromatic carbocycles. The number of aromatic nitrogens is 1. The average molecular weight is 345 g/mol. The van der Waals surface area contributed by atoms with Gasteiger partial charge in [-0.05, 0) is 23.6 Å². The van der Waals surface area contributed by atoms with Gasteiger partial charge < -0.3 is 15.3 Å². The van der Waals surface area contributed by atoms with Gasteiger partial charge in [-0.15, -0.1) is 0 Å². The highest BCUT2D eigenvalue weighted by atomic mass is 19.4. The number of fused-ring (bicyclic) bond motifs is 1. The third kappa shape index (κ3) is 4.54. The Morgan fingerprint density at radius 2 is 1.83 bits per heavy atom. The smallest absolute Gasteiger partial charge is 0.475 e. The van der Waals surface area contributed by atoms with E-state index in [0.717, 1.165) is 42.8 Å². The zero-order valence-corrected chi connectivity index (χ0v) is 12.5. The predicted molar refractivity (Wildman–Crippen MR) is 80.5 cm³/mol. The molecule has 2 heterocycles. The highest BCUT2D eigenvalue weighted by Gasteiger charge is 2.38. The standard InChI is InChI=1S/C13H14FN3.C2HF3O2/c14-11-2-1-10-3-4-16-13(12(10)9-11)17-7-5-15-6-8-17;3-2(4,5)1(6)7/h1-4,9,15H,5-8H2;(H,6,7). The van der Waals surface area contributed by atoms with E-state index in [4.69, 9.17) is 9.90 Å². The molecule has 0 bridgehead atoms. The van der Waals surface area contributed by atoms with Crippen LogP contribution in [0.3, 0.4) is 0 Å². The number of halogens is 4. The highest BCUT2D eigenvalue weighted by molar-refractivity contribution is 5.92. The van der Waals surface area contributed by atoms with Crippen molar-refractivity contribution < 1.29 is 27.5 Å². The second-order valence-corrected chi connectivity index (χ2v) is 5.04. The summed E-state index contributed by atoms with van der Waals surface area (Å²) in [4.78, 5) is 15.5. The topological polar surface area (TPSA) is 65.5 Å². The molecule has 0 unspecified atom stereocenters. The van der Waals surface area contributed by atoms with E-state index in [1.54, 1.807) is 18.3 Å². The van der Waals surface area contributed by atoms with Crippen molar-refractivity contribution in [3.8, 4) is 0 Å². The van der Waals surface area contributed by atoms with Crippen LogP contribution in [0.15, 0.2) is 30.5 Å². The molecule has 0 amide bonds. The number of benzene rings is 1. The molecule has 9 heteroatoms. The fourth-order valence-corrected chi connectivity index (χ4v) is 2.25. The van der Waals surface area contributed by atoms with Gasteiger partial charge in [-0.1, -0.05) is 6.07 Å². The van der Waals surface area contributed by atoms with E-state index in [1.807, 2.05) is 6.07 Å². The first-order valence-corrected chi connectivity index (χ1v) is 7.09. The first-order valence-electron chi connectivity index (χ1n) is 7.09. The van der Waals surface area contributed by atoms with Crippen molar-refractivity contribution in [1.29, 1.82) is 0 Å². The summed E-state index contributed by atoms with van der Waals surface area (Å²) >= 11 is 0. The van der Waals surface area contributed by atoms with Crippen molar-refractivity contribution in [2.45, 2.75) is 6.18 Å². The van der Waals surface area contributed by atoms with Crippen LogP contribution in [0.2, 0.25) is 0 Å². The molecule has 2 N–H and O–H groups in total. The number of pyridine rings is 1. The molecule has 1 aliphatic heterocycles. The van der Waals surface area contributed by atoms with Crippen molar-refractivity contribution in [2.75, 3.05) is 31.1 Å². The van der Waals surface area contributed by atoms with E-state index in [-0.39, 0.29) is 5.82 Å². The van der Waals surface area contributed by atoms with Crippen molar-refractivity contribution in [3.05, 3.63) is 36.3 Å². The van der Waals surface area contributed by atoms with Crippen LogP contribution < -0.4 is 10.2 Å². The minimum Gasteiger partial charge on any atom is -0.475 e. The van der Waals surface area contributed by atoms with Gasteiger partial charge in [-0.2, -0.15) is 13.2 Å². The summed E-state index contributed by atoms with van der Waals surface area (Å²) in [5.74, 6) is -2.07. The fraction of sp³-hybridized carbons (Fsp3) is 0.333. The van der Waals surface area contributed by atoms with Crippen LogP contribution in [0.25, 0.3) is 10.8 Å². The highest BCUT2D eigenvalue weighted by Crippen LogP contribution is 2.25. The van der Waals surface area contributed by atoms with Gasteiger partial charge in [0.1, 0.15) is 11.6 Å². The van der Waals surface area contributed by atoms with Crippen molar-refractivity contribution in [2.24, 2.45) is 0 Å². The Kier molecular flexibility index (Phi) is 5.55. The molecule has 0 spiro atoms. The molecule has 0 radical (unpaired) electrons. The number of aliphatic carboxylic acids is 1. The quantitative estimate of drug-likeness (QED) is 0.777. The number of anilines is 1. The molecule has 1 fully saturated rings. The van der Waals surface area contributed by atoms with Crippen LogP contribution in [0.5, 0.6) is 0 Å². The summed E-state index contributed by atoms with van der Waals surface area (Å²) in [6.45, 7) is 3.74. The largest absolute Gasteiger partial charge is 0.490 e. The van der Waals surface area contributed by atoms with Crippen LogP contribution in [0.4, 0.5) is 23.4 Å². The Hall–Kier alpha value is -2.42. The number of carboxylic acids is 1. The van der Waals surface area contributed by atoms with Gasteiger partial charge >= 0.3 is 12.1 Å². The lowest BCUT2D eigenvalue weighted by Crippen LogP contribution is -2.43. The molecule has 0 aliphatic carbocycles. The number of nitrogens with one attached hydrogen (secondary N) is 1. The summed E-state index contributed by atoms with van der Waals surface area (Å²) in [5, 5.41) is 12.4. The number of hydrogen-bond donors (Lipinski definition) is 2. The average Bonchev–Trinajstić information content (AvgIpc) is 2.55. The molecule has 24 heavy (non-hydrogen) atoms. The number of alkyl halides is 3. The van der Waals surface area contributed by atoms with E-state index in [1.165, 1.54) is 6.07 Å². The van der Waals surface area contributed by atoms with Gasteiger partial charge in [-0.3, -0.25) is 0 Å². The van der Waals surface area contributed by atoms with Crippen molar-refractivity contribution in [1.82, 2.24) is 10.3 Å². The first-order chi connectivity index (χ1) is 11.3. The minimum atomic E-state index is -5.08. The van der Waals surface area contributed by atoms with Gasteiger partial charge in [-0.25, -0.2) is 14.2 Å². The molecule has 5 nitrogen and oxygen atoms in total. The lowest BCUT2D eigenvalue weighted by atomic mass is 10.1.